The zero-order valence-electron chi connectivity index (χ0n) is 18.4. The van der Waals surface area contributed by atoms with Gasteiger partial charge in [-0.25, -0.2) is 9.97 Å². The van der Waals surface area contributed by atoms with Crippen molar-refractivity contribution in [2.24, 2.45) is 5.73 Å². The summed E-state index contributed by atoms with van der Waals surface area (Å²) in [7, 11) is 0. The Balaban J connectivity index is 1.44. The fourth-order valence-electron chi connectivity index (χ4n) is 3.59. The zero-order chi connectivity index (χ0) is 22.7. The van der Waals surface area contributed by atoms with Crippen molar-refractivity contribution in [2.75, 3.05) is 29.0 Å². The van der Waals surface area contributed by atoms with Gasteiger partial charge >= 0.3 is 0 Å². The highest BCUT2D eigenvalue weighted by Crippen LogP contribution is 2.38. The number of nitrogens with zero attached hydrogens (tertiary/aromatic N) is 3. The van der Waals surface area contributed by atoms with Crippen molar-refractivity contribution < 1.29 is 0 Å². The van der Waals surface area contributed by atoms with Crippen molar-refractivity contribution >= 4 is 40.7 Å². The van der Waals surface area contributed by atoms with Crippen molar-refractivity contribution in [2.45, 2.75) is 48.7 Å². The second-order valence-corrected chi connectivity index (χ2v) is 10.0. The quantitative estimate of drug-likeness (QED) is 0.463. The number of hydrogen-bond donors (Lipinski definition) is 3. The van der Waals surface area contributed by atoms with Crippen LogP contribution in [0, 0.1) is 6.92 Å². The lowest BCUT2D eigenvalue weighted by Crippen LogP contribution is -2.48. The molecule has 1 aromatic heterocycles. The summed E-state index contributed by atoms with van der Waals surface area (Å²) in [6.07, 6.45) is 3.62. The van der Waals surface area contributed by atoms with Crippen molar-refractivity contribution in [3.05, 3.63) is 64.8 Å². The van der Waals surface area contributed by atoms with Gasteiger partial charge in [0, 0.05) is 30.1 Å². The summed E-state index contributed by atoms with van der Waals surface area (Å²) in [5, 5.41) is 4.71. The number of benzene rings is 2. The molecule has 0 bridgehead atoms. The van der Waals surface area contributed by atoms with Gasteiger partial charge in [0.05, 0.1) is 16.9 Å². The molecule has 6 nitrogen and oxygen atoms in total. The molecule has 4 rings (SSSR count). The van der Waals surface area contributed by atoms with Crippen LogP contribution in [-0.4, -0.2) is 28.6 Å². The Hall–Kier alpha value is -2.48. The molecule has 1 aliphatic heterocycles. The summed E-state index contributed by atoms with van der Waals surface area (Å²) in [4.78, 5) is 12.2. The third-order valence-electron chi connectivity index (χ3n) is 5.75. The largest absolute Gasteiger partial charge is 0.381 e. The standard InChI is InChI=1S/C24H29ClN6S/c1-16-6-8-17(9-7-16)14-28-18-4-3-5-19(21(18)25)32-23-22(26)30-20(15-29-23)31-12-10-24(2,27)11-13-31/h3-9,15,28H,10-14,27H2,1-2H3,(H2,26,30). The Labute approximate surface area is 198 Å². The van der Waals surface area contributed by atoms with E-state index in [9.17, 15) is 0 Å². The van der Waals surface area contributed by atoms with Gasteiger partial charge in [0.1, 0.15) is 10.8 Å². The summed E-state index contributed by atoms with van der Waals surface area (Å²) >= 11 is 8.11. The highest BCUT2D eigenvalue weighted by atomic mass is 35.5. The molecule has 168 valence electrons. The van der Waals surface area contributed by atoms with E-state index in [2.05, 4.69) is 58.3 Å². The van der Waals surface area contributed by atoms with Gasteiger partial charge in [-0.3, -0.25) is 0 Å². The molecule has 1 fully saturated rings. The maximum absolute atomic E-state index is 6.69. The molecule has 2 aromatic carbocycles. The highest BCUT2D eigenvalue weighted by molar-refractivity contribution is 7.99. The number of halogens is 1. The number of nitrogens with two attached hydrogens (primary N) is 2. The smallest absolute Gasteiger partial charge is 0.158 e. The van der Waals surface area contributed by atoms with Crippen molar-refractivity contribution in [1.29, 1.82) is 0 Å². The minimum atomic E-state index is -0.111. The van der Waals surface area contributed by atoms with Gasteiger partial charge in [0.25, 0.3) is 0 Å². The van der Waals surface area contributed by atoms with Gasteiger partial charge < -0.3 is 21.7 Å². The van der Waals surface area contributed by atoms with E-state index < -0.39 is 0 Å². The molecule has 0 amide bonds. The molecule has 2 heterocycles. The summed E-state index contributed by atoms with van der Waals surface area (Å²) in [6.45, 7) is 6.58. The van der Waals surface area contributed by atoms with Gasteiger partial charge in [0.2, 0.25) is 0 Å². The first-order valence-electron chi connectivity index (χ1n) is 10.7. The topological polar surface area (TPSA) is 93.1 Å². The van der Waals surface area contributed by atoms with Crippen molar-refractivity contribution in [3.8, 4) is 0 Å². The van der Waals surface area contributed by atoms with Crippen LogP contribution in [0.2, 0.25) is 5.02 Å². The minimum absolute atomic E-state index is 0.111. The maximum Gasteiger partial charge on any atom is 0.158 e. The summed E-state index contributed by atoms with van der Waals surface area (Å²) in [5.41, 5.74) is 15.7. The van der Waals surface area contributed by atoms with E-state index >= 15 is 0 Å². The van der Waals surface area contributed by atoms with Crippen LogP contribution in [0.5, 0.6) is 0 Å². The maximum atomic E-state index is 6.69. The first kappa shape index (κ1) is 22.7. The van der Waals surface area contributed by atoms with E-state index in [1.165, 1.54) is 22.9 Å². The number of nitrogen functional groups attached to an aromatic ring is 1. The Kier molecular flexibility index (Phi) is 6.79. The van der Waals surface area contributed by atoms with E-state index in [4.69, 9.17) is 23.1 Å². The number of aryl methyl sites for hydroxylation is 1. The highest BCUT2D eigenvalue weighted by Gasteiger charge is 2.27. The lowest BCUT2D eigenvalue weighted by atomic mass is 9.91. The second kappa shape index (κ2) is 9.57. The fraction of sp³-hybridized carbons (Fsp3) is 0.333. The molecule has 0 atom stereocenters. The third-order valence-corrected chi connectivity index (χ3v) is 7.34. The summed E-state index contributed by atoms with van der Waals surface area (Å²) < 4.78 is 0. The lowest BCUT2D eigenvalue weighted by molar-refractivity contribution is 0.363. The average molecular weight is 469 g/mol. The molecule has 0 aliphatic carbocycles. The molecule has 0 spiro atoms. The second-order valence-electron chi connectivity index (χ2n) is 8.62. The summed E-state index contributed by atoms with van der Waals surface area (Å²) in [6, 6.07) is 14.3. The van der Waals surface area contributed by atoms with Crippen LogP contribution in [-0.2, 0) is 6.54 Å². The van der Waals surface area contributed by atoms with E-state index in [1.807, 2.05) is 18.2 Å². The Morgan fingerprint density at radius 2 is 1.88 bits per heavy atom. The predicted molar refractivity (Wildman–Crippen MR) is 135 cm³/mol. The van der Waals surface area contributed by atoms with E-state index in [-0.39, 0.29) is 5.54 Å². The molecule has 0 unspecified atom stereocenters. The number of piperidine rings is 1. The van der Waals surface area contributed by atoms with Crippen molar-refractivity contribution in [1.82, 2.24) is 9.97 Å². The molecule has 8 heteroatoms. The molecular formula is C24H29ClN6S. The zero-order valence-corrected chi connectivity index (χ0v) is 20.0. The SMILES string of the molecule is Cc1ccc(CNc2cccc(Sc3ncc(N4CCC(C)(N)CC4)nc3N)c2Cl)cc1. The van der Waals surface area contributed by atoms with Gasteiger partial charge in [0.15, 0.2) is 5.82 Å². The van der Waals surface area contributed by atoms with Crippen LogP contribution in [0.3, 0.4) is 0 Å². The number of hydrogen-bond acceptors (Lipinski definition) is 7. The number of anilines is 3. The first-order chi connectivity index (χ1) is 15.3. The van der Waals surface area contributed by atoms with Gasteiger partial charge in [-0.15, -0.1) is 0 Å². The van der Waals surface area contributed by atoms with Crippen LogP contribution in [0.25, 0.3) is 0 Å². The normalized spacial score (nSPS) is 15.6. The monoisotopic (exact) mass is 468 g/mol. The Morgan fingerprint density at radius 1 is 1.16 bits per heavy atom. The Morgan fingerprint density at radius 3 is 2.56 bits per heavy atom. The number of aromatic nitrogens is 2. The first-order valence-corrected chi connectivity index (χ1v) is 11.9. The van der Waals surface area contributed by atoms with E-state index in [0.29, 0.717) is 22.4 Å². The summed E-state index contributed by atoms with van der Waals surface area (Å²) in [5.74, 6) is 1.20. The predicted octanol–water partition coefficient (Wildman–Crippen LogP) is 5.10. The van der Waals surface area contributed by atoms with Crippen LogP contribution >= 0.6 is 23.4 Å². The minimum Gasteiger partial charge on any atom is -0.381 e. The van der Waals surface area contributed by atoms with Crippen LogP contribution < -0.4 is 21.7 Å². The molecular weight excluding hydrogens is 440 g/mol. The van der Waals surface area contributed by atoms with Crippen molar-refractivity contribution in [3.63, 3.8) is 0 Å². The van der Waals surface area contributed by atoms with Crippen LogP contribution in [0.15, 0.2) is 58.6 Å². The van der Waals surface area contributed by atoms with E-state index in [0.717, 1.165) is 42.3 Å². The van der Waals surface area contributed by atoms with Gasteiger partial charge in [-0.05, 0) is 44.4 Å². The van der Waals surface area contributed by atoms with Gasteiger partial charge in [-0.2, -0.15) is 0 Å². The number of rotatable bonds is 6. The molecule has 0 radical (unpaired) electrons. The molecule has 5 N–H and O–H groups in total. The molecule has 3 aromatic rings. The third kappa shape index (κ3) is 5.46. The molecule has 1 saturated heterocycles. The Bertz CT molecular complexity index is 1080. The van der Waals surface area contributed by atoms with E-state index in [1.54, 1.807) is 6.20 Å². The van der Waals surface area contributed by atoms with Gasteiger partial charge in [-0.1, -0.05) is 59.3 Å². The average Bonchev–Trinajstić information content (AvgIpc) is 2.77. The van der Waals surface area contributed by atoms with Crippen LogP contribution in [0.4, 0.5) is 17.3 Å². The molecule has 1 aliphatic rings. The molecule has 0 saturated carbocycles. The lowest BCUT2D eigenvalue weighted by Gasteiger charge is -2.37. The number of nitrogens with one attached hydrogen (secondary N) is 1. The fourth-order valence-corrected chi connectivity index (χ4v) is 4.71. The van der Waals surface area contributed by atoms with Crippen LogP contribution in [0.1, 0.15) is 30.9 Å². The molecule has 32 heavy (non-hydrogen) atoms.